The van der Waals surface area contributed by atoms with Gasteiger partial charge in [0, 0.05) is 6.42 Å². The number of hydrogen-bond acceptors (Lipinski definition) is 10. The first-order valence-corrected chi connectivity index (χ1v) is 28.3. The fourth-order valence-corrected chi connectivity index (χ4v) is 9.50. The first-order valence-electron chi connectivity index (χ1n) is 26.9. The van der Waals surface area contributed by atoms with E-state index in [4.69, 9.17) is 9.47 Å². The Kier molecular flexibility index (Phi) is 40.3. The van der Waals surface area contributed by atoms with Crippen molar-refractivity contribution < 1.29 is 51.8 Å². The Labute approximate surface area is 392 Å². The largest absolute Gasteiger partial charge is 0.397 e. The molecular formula is C51H101NO11S. The highest BCUT2D eigenvalue weighted by Gasteiger charge is 2.48. The molecule has 0 aromatic rings. The van der Waals surface area contributed by atoms with Crippen LogP contribution in [-0.4, -0.2) is 95.4 Å². The molecule has 64 heavy (non-hydrogen) atoms. The molecule has 0 aliphatic carbocycles. The van der Waals surface area contributed by atoms with Gasteiger partial charge in [-0.3, -0.25) is 9.35 Å². The van der Waals surface area contributed by atoms with Crippen LogP contribution in [0.2, 0.25) is 0 Å². The van der Waals surface area contributed by atoms with Crippen LogP contribution in [0, 0.1) is 0 Å². The first-order chi connectivity index (χ1) is 31.0. The van der Waals surface area contributed by atoms with Gasteiger partial charge in [-0.05, 0) is 12.8 Å². The number of amides is 1. The highest BCUT2D eigenvalue weighted by atomic mass is 32.3. The van der Waals surface area contributed by atoms with Gasteiger partial charge in [-0.25, -0.2) is 4.18 Å². The van der Waals surface area contributed by atoms with Crippen LogP contribution in [0.25, 0.3) is 0 Å². The Balaban J connectivity index is 2.40. The molecule has 1 saturated heterocycles. The van der Waals surface area contributed by atoms with E-state index in [9.17, 15) is 38.2 Å². The number of aliphatic hydroxyl groups is 4. The summed E-state index contributed by atoms with van der Waals surface area (Å²) in [5.74, 6) is -0.223. The third kappa shape index (κ3) is 34.4. The zero-order valence-corrected chi connectivity index (χ0v) is 41.9. The maximum absolute atomic E-state index is 13.1. The van der Waals surface area contributed by atoms with E-state index in [1.165, 1.54) is 186 Å². The van der Waals surface area contributed by atoms with Crippen LogP contribution in [0.1, 0.15) is 264 Å². The van der Waals surface area contributed by atoms with Crippen LogP contribution in [0.15, 0.2) is 0 Å². The number of aliphatic hydroxyl groups excluding tert-OH is 4. The van der Waals surface area contributed by atoms with Gasteiger partial charge in [0.05, 0.1) is 25.4 Å². The van der Waals surface area contributed by atoms with E-state index in [-0.39, 0.29) is 12.5 Å². The molecule has 6 N–H and O–H groups in total. The first kappa shape index (κ1) is 61.1. The number of hydrogen-bond donors (Lipinski definition) is 6. The topological polar surface area (TPSA) is 192 Å². The molecule has 1 fully saturated rings. The van der Waals surface area contributed by atoms with Crippen LogP contribution in [-0.2, 0) is 28.9 Å². The lowest BCUT2D eigenvalue weighted by Crippen LogP contribution is -2.61. The van der Waals surface area contributed by atoms with Crippen molar-refractivity contribution in [3.8, 4) is 0 Å². The van der Waals surface area contributed by atoms with E-state index in [2.05, 4.69) is 23.3 Å². The molecule has 1 rings (SSSR count). The van der Waals surface area contributed by atoms with Crippen LogP contribution in [0.3, 0.4) is 0 Å². The second-order valence-corrected chi connectivity index (χ2v) is 20.2. The summed E-state index contributed by atoms with van der Waals surface area (Å²) in [6.07, 6.45) is 38.1. The van der Waals surface area contributed by atoms with Gasteiger partial charge in [0.15, 0.2) is 6.29 Å². The number of carbonyl (C=O) groups excluding carboxylic acids is 1. The minimum absolute atomic E-state index is 0.223. The molecule has 0 spiro atoms. The van der Waals surface area contributed by atoms with Crippen LogP contribution in [0.4, 0.5) is 0 Å². The zero-order chi connectivity index (χ0) is 46.9. The van der Waals surface area contributed by atoms with Crippen molar-refractivity contribution in [3.05, 3.63) is 0 Å². The van der Waals surface area contributed by atoms with Crippen molar-refractivity contribution in [1.82, 2.24) is 5.32 Å². The Bertz CT molecular complexity index is 1150. The Morgan fingerprint density at radius 2 is 0.906 bits per heavy atom. The van der Waals surface area contributed by atoms with Gasteiger partial charge in [-0.1, -0.05) is 245 Å². The number of unbranched alkanes of at least 4 members (excludes halogenated alkanes) is 35. The molecule has 7 atom stereocenters. The van der Waals surface area contributed by atoms with E-state index >= 15 is 0 Å². The molecule has 1 aliphatic heterocycles. The summed E-state index contributed by atoms with van der Waals surface area (Å²) < 4.78 is 47.8. The number of nitrogens with one attached hydrogen (secondary N) is 1. The van der Waals surface area contributed by atoms with Gasteiger partial charge in [-0.2, -0.15) is 8.42 Å². The molecule has 7 unspecified atom stereocenters. The van der Waals surface area contributed by atoms with Crippen molar-refractivity contribution in [3.63, 3.8) is 0 Å². The Hall–Kier alpha value is -0.900. The van der Waals surface area contributed by atoms with E-state index in [1.54, 1.807) is 0 Å². The van der Waals surface area contributed by atoms with Crippen LogP contribution in [0.5, 0.6) is 0 Å². The molecule has 0 radical (unpaired) electrons. The summed E-state index contributed by atoms with van der Waals surface area (Å²) in [5.41, 5.74) is 0. The van der Waals surface area contributed by atoms with Crippen molar-refractivity contribution in [2.24, 2.45) is 0 Å². The van der Waals surface area contributed by atoms with Gasteiger partial charge in [0.2, 0.25) is 5.91 Å². The number of carbonyl (C=O) groups is 1. The van der Waals surface area contributed by atoms with Gasteiger partial charge < -0.3 is 35.2 Å². The molecule has 1 heterocycles. The molecule has 13 heteroatoms. The Morgan fingerprint density at radius 1 is 0.562 bits per heavy atom. The van der Waals surface area contributed by atoms with Crippen molar-refractivity contribution in [1.29, 1.82) is 0 Å². The molecule has 1 aliphatic rings. The quantitative estimate of drug-likeness (QED) is 0.0251. The van der Waals surface area contributed by atoms with Gasteiger partial charge in [-0.15, -0.1) is 0 Å². The predicted octanol–water partition coefficient (Wildman–Crippen LogP) is 11.7. The molecule has 0 bridgehead atoms. The normalized spacial score (nSPS) is 20.1. The lowest BCUT2D eigenvalue weighted by molar-refractivity contribution is -0.298. The highest BCUT2D eigenvalue weighted by Crippen LogP contribution is 2.26. The minimum Gasteiger partial charge on any atom is -0.394 e. The summed E-state index contributed by atoms with van der Waals surface area (Å²) in [7, 11) is -5.07. The maximum atomic E-state index is 13.1. The average molecular weight is 936 g/mol. The molecule has 0 aromatic heterocycles. The molecular weight excluding hydrogens is 835 g/mol. The summed E-state index contributed by atoms with van der Waals surface area (Å²) in [6, 6.07) is -0.852. The summed E-state index contributed by atoms with van der Waals surface area (Å²) in [4.78, 5) is 13.1. The zero-order valence-electron chi connectivity index (χ0n) is 41.1. The third-order valence-corrected chi connectivity index (χ3v) is 13.6. The molecule has 0 aromatic carbocycles. The van der Waals surface area contributed by atoms with Crippen molar-refractivity contribution >= 4 is 16.3 Å². The van der Waals surface area contributed by atoms with E-state index in [0.717, 1.165) is 51.4 Å². The maximum Gasteiger partial charge on any atom is 0.397 e. The highest BCUT2D eigenvalue weighted by molar-refractivity contribution is 7.80. The summed E-state index contributed by atoms with van der Waals surface area (Å²) in [5, 5.41) is 45.0. The third-order valence-electron chi connectivity index (χ3n) is 13.2. The van der Waals surface area contributed by atoms with Gasteiger partial charge in [0.25, 0.3) is 0 Å². The second-order valence-electron chi connectivity index (χ2n) is 19.2. The monoisotopic (exact) mass is 936 g/mol. The van der Waals surface area contributed by atoms with Crippen molar-refractivity contribution in [2.45, 2.75) is 307 Å². The van der Waals surface area contributed by atoms with Crippen LogP contribution < -0.4 is 5.32 Å². The van der Waals surface area contributed by atoms with Crippen molar-refractivity contribution in [2.75, 3.05) is 13.2 Å². The summed E-state index contributed by atoms with van der Waals surface area (Å²) in [6.45, 7) is 3.49. The van der Waals surface area contributed by atoms with Gasteiger partial charge >= 0.3 is 10.4 Å². The van der Waals surface area contributed by atoms with E-state index < -0.39 is 59.9 Å². The lowest BCUT2D eigenvalue weighted by atomic mass is 9.99. The minimum atomic E-state index is -5.07. The van der Waals surface area contributed by atoms with Gasteiger partial charge in [0.1, 0.15) is 24.4 Å². The fraction of sp³-hybridized carbons (Fsp3) is 0.980. The number of rotatable bonds is 47. The smallest absolute Gasteiger partial charge is 0.394 e. The second kappa shape index (κ2) is 42.2. The molecule has 0 saturated carbocycles. The van der Waals surface area contributed by atoms with E-state index in [1.807, 2.05) is 0 Å². The number of ether oxygens (including phenoxy) is 2. The fourth-order valence-electron chi connectivity index (χ4n) is 8.99. The standard InChI is InChI=1S/C51H101NO11S/c1-3-5-7-9-11-13-15-17-19-21-23-24-26-28-30-32-34-36-38-40-45(54)44(43-61-51-49(57)50(63-64(58,59)60)48(56)46(42-53)62-51)52-47(55)41-39-37-35-33-31-29-27-25-22-20-18-16-14-12-10-8-6-4-2/h44-46,48-51,53-54,56-57H,3-43H2,1-2H3,(H,52,55)(H,58,59,60). The SMILES string of the molecule is CCCCCCCCCCCCCCCCCCCCCC(O)C(COC1OC(CO)C(O)C(OS(=O)(=O)O)C1O)NC(=O)CCCCCCCCCCCCCCCCCCCC. The molecule has 382 valence electrons. The molecule has 1 amide bonds. The molecule has 12 nitrogen and oxygen atoms in total. The summed E-state index contributed by atoms with van der Waals surface area (Å²) >= 11 is 0. The predicted molar refractivity (Wildman–Crippen MR) is 259 cm³/mol. The lowest BCUT2D eigenvalue weighted by Gasteiger charge is -2.41. The average Bonchev–Trinajstić information content (AvgIpc) is 3.27. The van der Waals surface area contributed by atoms with Crippen LogP contribution >= 0.6 is 0 Å². The Morgan fingerprint density at radius 3 is 1.25 bits per heavy atom. The van der Waals surface area contributed by atoms with E-state index in [0.29, 0.717) is 12.8 Å².